The Kier molecular flexibility index (Phi) is 3.79. The van der Waals surface area contributed by atoms with Crippen molar-refractivity contribution in [1.82, 2.24) is 20.1 Å². The second-order valence-electron chi connectivity index (χ2n) is 5.34. The standard InChI is InChI=1S/C15H20N4O2/c1-10-4-11-5-13(20-3)12(6-14(11)21-10)7-16-8-15-17-9-19(2)18-15/h5-6,9-10,16H,4,7-8H2,1-3H3. The molecule has 2 aromatic rings. The lowest BCUT2D eigenvalue weighted by Crippen LogP contribution is -2.14. The van der Waals surface area contributed by atoms with Crippen LogP contribution in [0.4, 0.5) is 0 Å². The maximum absolute atomic E-state index is 5.80. The number of nitrogens with one attached hydrogen (secondary N) is 1. The number of benzene rings is 1. The molecule has 1 aromatic heterocycles. The van der Waals surface area contributed by atoms with Gasteiger partial charge in [-0.1, -0.05) is 0 Å². The van der Waals surface area contributed by atoms with Crippen LogP contribution in [0.5, 0.6) is 11.5 Å². The average molecular weight is 288 g/mol. The first-order chi connectivity index (χ1) is 10.2. The Morgan fingerprint density at radius 3 is 3.00 bits per heavy atom. The van der Waals surface area contributed by atoms with Gasteiger partial charge in [0.05, 0.1) is 13.7 Å². The van der Waals surface area contributed by atoms with Gasteiger partial charge in [-0.15, -0.1) is 0 Å². The lowest BCUT2D eigenvalue weighted by atomic mass is 10.1. The third-order valence-corrected chi connectivity index (χ3v) is 3.54. The highest BCUT2D eigenvalue weighted by atomic mass is 16.5. The first-order valence-electron chi connectivity index (χ1n) is 7.07. The van der Waals surface area contributed by atoms with Crippen molar-refractivity contribution in [2.75, 3.05) is 7.11 Å². The van der Waals surface area contributed by atoms with Gasteiger partial charge in [-0.3, -0.25) is 4.68 Å². The molecule has 6 heteroatoms. The van der Waals surface area contributed by atoms with Gasteiger partial charge in [-0.2, -0.15) is 5.10 Å². The molecule has 0 aliphatic carbocycles. The summed E-state index contributed by atoms with van der Waals surface area (Å²) >= 11 is 0. The molecule has 0 fully saturated rings. The van der Waals surface area contributed by atoms with Gasteiger partial charge in [0.25, 0.3) is 0 Å². The predicted octanol–water partition coefficient (Wildman–Crippen LogP) is 1.44. The quantitative estimate of drug-likeness (QED) is 0.902. The van der Waals surface area contributed by atoms with E-state index in [1.165, 1.54) is 5.56 Å². The number of fused-ring (bicyclic) bond motifs is 1. The van der Waals surface area contributed by atoms with Gasteiger partial charge in [-0.05, 0) is 19.1 Å². The van der Waals surface area contributed by atoms with Gasteiger partial charge in [-0.25, -0.2) is 4.98 Å². The smallest absolute Gasteiger partial charge is 0.164 e. The monoisotopic (exact) mass is 288 g/mol. The van der Waals surface area contributed by atoms with E-state index < -0.39 is 0 Å². The number of methoxy groups -OCH3 is 1. The van der Waals surface area contributed by atoms with E-state index in [0.29, 0.717) is 13.1 Å². The van der Waals surface area contributed by atoms with Crippen LogP contribution in [0.1, 0.15) is 23.9 Å². The minimum absolute atomic E-state index is 0.241. The van der Waals surface area contributed by atoms with Gasteiger partial charge in [0, 0.05) is 31.1 Å². The molecule has 1 N–H and O–H groups in total. The minimum Gasteiger partial charge on any atom is -0.496 e. The zero-order valence-electron chi connectivity index (χ0n) is 12.6. The van der Waals surface area contributed by atoms with Gasteiger partial charge in [0.2, 0.25) is 0 Å². The maximum atomic E-state index is 5.80. The zero-order valence-corrected chi connectivity index (χ0v) is 12.6. The summed E-state index contributed by atoms with van der Waals surface area (Å²) < 4.78 is 13.0. The highest BCUT2D eigenvalue weighted by Gasteiger charge is 2.21. The molecular weight excluding hydrogens is 268 g/mol. The molecule has 1 atom stereocenters. The number of aryl methyl sites for hydroxylation is 1. The number of ether oxygens (including phenoxy) is 2. The van der Waals surface area contributed by atoms with Crippen LogP contribution in [0.15, 0.2) is 18.5 Å². The van der Waals surface area contributed by atoms with E-state index >= 15 is 0 Å². The fourth-order valence-corrected chi connectivity index (χ4v) is 2.58. The van der Waals surface area contributed by atoms with Crippen molar-refractivity contribution in [1.29, 1.82) is 0 Å². The molecule has 0 bridgehead atoms. The van der Waals surface area contributed by atoms with Crippen molar-refractivity contribution in [3.63, 3.8) is 0 Å². The lowest BCUT2D eigenvalue weighted by Gasteiger charge is -2.11. The van der Waals surface area contributed by atoms with Gasteiger partial charge in [0.15, 0.2) is 5.82 Å². The summed E-state index contributed by atoms with van der Waals surface area (Å²) in [6.07, 6.45) is 2.88. The molecular formula is C15H20N4O2. The second kappa shape index (κ2) is 5.73. The van der Waals surface area contributed by atoms with E-state index in [0.717, 1.165) is 29.3 Å². The maximum Gasteiger partial charge on any atom is 0.164 e. The number of nitrogens with zero attached hydrogens (tertiary/aromatic N) is 3. The predicted molar refractivity (Wildman–Crippen MR) is 78.3 cm³/mol. The van der Waals surface area contributed by atoms with Crippen LogP contribution >= 0.6 is 0 Å². The molecule has 1 aromatic carbocycles. The molecule has 0 saturated carbocycles. The second-order valence-corrected chi connectivity index (χ2v) is 5.34. The van der Waals surface area contributed by atoms with Crippen molar-refractivity contribution in [3.05, 3.63) is 35.4 Å². The van der Waals surface area contributed by atoms with E-state index in [9.17, 15) is 0 Å². The Morgan fingerprint density at radius 2 is 2.29 bits per heavy atom. The Labute approximate surface area is 124 Å². The summed E-state index contributed by atoms with van der Waals surface area (Å²) in [5.41, 5.74) is 2.30. The fourth-order valence-electron chi connectivity index (χ4n) is 2.58. The Morgan fingerprint density at radius 1 is 1.43 bits per heavy atom. The largest absolute Gasteiger partial charge is 0.496 e. The summed E-state index contributed by atoms with van der Waals surface area (Å²) in [5, 5.41) is 7.57. The lowest BCUT2D eigenvalue weighted by molar-refractivity contribution is 0.254. The summed E-state index contributed by atoms with van der Waals surface area (Å²) in [6, 6.07) is 4.14. The van der Waals surface area contributed by atoms with Crippen molar-refractivity contribution < 1.29 is 9.47 Å². The summed E-state index contributed by atoms with van der Waals surface area (Å²) in [4.78, 5) is 4.19. The molecule has 1 aliphatic heterocycles. The van der Waals surface area contributed by atoms with E-state index in [4.69, 9.17) is 9.47 Å². The van der Waals surface area contributed by atoms with Crippen LogP contribution in [-0.2, 0) is 26.6 Å². The number of hydrogen-bond donors (Lipinski definition) is 1. The Hall–Kier alpha value is -2.08. The van der Waals surface area contributed by atoms with Crippen LogP contribution in [0.25, 0.3) is 0 Å². The molecule has 1 aliphatic rings. The molecule has 1 unspecified atom stereocenters. The SMILES string of the molecule is COc1cc2c(cc1CNCc1ncn(C)n1)OC(C)C2. The van der Waals surface area contributed by atoms with Crippen LogP contribution in [0, 0.1) is 0 Å². The van der Waals surface area contributed by atoms with Crippen LogP contribution in [0.3, 0.4) is 0 Å². The van der Waals surface area contributed by atoms with E-state index in [2.05, 4.69) is 34.5 Å². The average Bonchev–Trinajstić information content (AvgIpc) is 3.02. The summed E-state index contributed by atoms with van der Waals surface area (Å²) in [5.74, 6) is 2.64. The van der Waals surface area contributed by atoms with E-state index in [1.54, 1.807) is 18.1 Å². The first-order valence-corrected chi connectivity index (χ1v) is 7.07. The number of rotatable bonds is 5. The van der Waals surface area contributed by atoms with Crippen LogP contribution in [0.2, 0.25) is 0 Å². The van der Waals surface area contributed by atoms with Crippen molar-refractivity contribution in [2.24, 2.45) is 7.05 Å². The highest BCUT2D eigenvalue weighted by molar-refractivity contribution is 5.48. The van der Waals surface area contributed by atoms with Gasteiger partial charge in [0.1, 0.15) is 23.9 Å². The molecule has 3 rings (SSSR count). The highest BCUT2D eigenvalue weighted by Crippen LogP contribution is 2.34. The molecule has 2 heterocycles. The minimum atomic E-state index is 0.241. The van der Waals surface area contributed by atoms with Gasteiger partial charge < -0.3 is 14.8 Å². The third-order valence-electron chi connectivity index (χ3n) is 3.54. The fraction of sp³-hybridized carbons (Fsp3) is 0.467. The molecule has 21 heavy (non-hydrogen) atoms. The molecule has 0 saturated heterocycles. The van der Waals surface area contributed by atoms with E-state index in [1.807, 2.05) is 7.05 Å². The summed E-state index contributed by atoms with van der Waals surface area (Å²) in [6.45, 7) is 3.39. The zero-order chi connectivity index (χ0) is 14.8. The topological polar surface area (TPSA) is 61.2 Å². The van der Waals surface area contributed by atoms with Gasteiger partial charge >= 0.3 is 0 Å². The molecule has 0 spiro atoms. The molecule has 0 amide bonds. The first kappa shape index (κ1) is 13.9. The van der Waals surface area contributed by atoms with Crippen LogP contribution in [-0.4, -0.2) is 28.0 Å². The molecule has 112 valence electrons. The van der Waals surface area contributed by atoms with E-state index in [-0.39, 0.29) is 6.10 Å². The Balaban J connectivity index is 1.68. The van der Waals surface area contributed by atoms with Crippen molar-refractivity contribution in [3.8, 4) is 11.5 Å². The molecule has 6 nitrogen and oxygen atoms in total. The number of hydrogen-bond acceptors (Lipinski definition) is 5. The summed E-state index contributed by atoms with van der Waals surface area (Å²) in [7, 11) is 3.56. The molecule has 0 radical (unpaired) electrons. The normalized spacial score (nSPS) is 16.6. The van der Waals surface area contributed by atoms with Crippen molar-refractivity contribution in [2.45, 2.75) is 32.5 Å². The van der Waals surface area contributed by atoms with Crippen molar-refractivity contribution >= 4 is 0 Å². The third kappa shape index (κ3) is 3.00. The van der Waals surface area contributed by atoms with Crippen LogP contribution < -0.4 is 14.8 Å². The Bertz CT molecular complexity index is 639. The number of aromatic nitrogens is 3.